The second kappa shape index (κ2) is 6.18. The largest absolute Gasteiger partial charge is 0.476 e. The minimum absolute atomic E-state index is 0.0899. The summed E-state index contributed by atoms with van der Waals surface area (Å²) in [6.07, 6.45) is 1.31. The zero-order valence-corrected chi connectivity index (χ0v) is 11.3. The molecule has 0 saturated carbocycles. The van der Waals surface area contributed by atoms with E-state index in [1.54, 1.807) is 0 Å². The molecule has 21 heavy (non-hydrogen) atoms. The van der Waals surface area contributed by atoms with Crippen LogP contribution in [0.25, 0.3) is 0 Å². The topological polar surface area (TPSA) is 123 Å². The molecule has 9 nitrogen and oxygen atoms in total. The number of nitrogens with one attached hydrogen (secondary N) is 1. The van der Waals surface area contributed by atoms with Gasteiger partial charge in [0.1, 0.15) is 0 Å². The first-order valence-electron chi connectivity index (χ1n) is 5.78. The minimum atomic E-state index is -1.15. The number of benzene rings is 1. The molecule has 0 saturated heterocycles. The lowest BCUT2D eigenvalue weighted by Crippen LogP contribution is -2.11. The Bertz CT molecular complexity index is 687. The molecule has 1 heterocycles. The molecule has 0 atom stereocenters. The Kier molecular flexibility index (Phi) is 4.33. The summed E-state index contributed by atoms with van der Waals surface area (Å²) in [5.74, 6) is -1.15. The lowest BCUT2D eigenvalue weighted by molar-refractivity contribution is -0.384. The van der Waals surface area contributed by atoms with E-state index in [0.29, 0.717) is 18.8 Å². The molecular formula is C11H10ClN5O4. The van der Waals surface area contributed by atoms with Crippen molar-refractivity contribution in [1.82, 2.24) is 15.0 Å². The van der Waals surface area contributed by atoms with E-state index in [0.717, 1.165) is 0 Å². The Hall–Kier alpha value is -2.68. The van der Waals surface area contributed by atoms with Gasteiger partial charge in [-0.2, -0.15) is 0 Å². The molecule has 0 radical (unpaired) electrons. The predicted molar refractivity (Wildman–Crippen MR) is 73.6 cm³/mol. The molecule has 2 N–H and O–H groups in total. The Morgan fingerprint density at radius 3 is 2.86 bits per heavy atom. The van der Waals surface area contributed by atoms with Crippen molar-refractivity contribution >= 4 is 28.9 Å². The number of rotatable bonds is 6. The molecule has 110 valence electrons. The Morgan fingerprint density at radius 2 is 2.29 bits per heavy atom. The Morgan fingerprint density at radius 1 is 1.52 bits per heavy atom. The first kappa shape index (κ1) is 14.7. The molecule has 0 aliphatic carbocycles. The van der Waals surface area contributed by atoms with Crippen LogP contribution in [0.1, 0.15) is 10.5 Å². The van der Waals surface area contributed by atoms with Crippen molar-refractivity contribution in [2.24, 2.45) is 0 Å². The number of hydrogen-bond donors (Lipinski definition) is 2. The van der Waals surface area contributed by atoms with Crippen LogP contribution in [0.15, 0.2) is 24.4 Å². The van der Waals surface area contributed by atoms with Gasteiger partial charge in [0.05, 0.1) is 28.4 Å². The van der Waals surface area contributed by atoms with Crippen LogP contribution in [0.4, 0.5) is 11.4 Å². The number of halogens is 1. The maximum Gasteiger partial charge on any atom is 0.358 e. The monoisotopic (exact) mass is 311 g/mol. The first-order valence-corrected chi connectivity index (χ1v) is 6.16. The summed E-state index contributed by atoms with van der Waals surface area (Å²) >= 11 is 5.92. The van der Waals surface area contributed by atoms with Gasteiger partial charge in [0.15, 0.2) is 5.69 Å². The second-order valence-electron chi connectivity index (χ2n) is 4.02. The molecule has 0 unspecified atom stereocenters. The summed E-state index contributed by atoms with van der Waals surface area (Å²) in [4.78, 5) is 20.7. The van der Waals surface area contributed by atoms with Crippen molar-refractivity contribution in [3.63, 3.8) is 0 Å². The highest BCUT2D eigenvalue weighted by Crippen LogP contribution is 2.26. The van der Waals surface area contributed by atoms with E-state index >= 15 is 0 Å². The van der Waals surface area contributed by atoms with Gasteiger partial charge < -0.3 is 10.4 Å². The van der Waals surface area contributed by atoms with E-state index in [4.69, 9.17) is 16.7 Å². The molecule has 0 amide bonds. The average molecular weight is 312 g/mol. The third kappa shape index (κ3) is 3.66. The molecular weight excluding hydrogens is 302 g/mol. The highest BCUT2D eigenvalue weighted by molar-refractivity contribution is 6.33. The zero-order chi connectivity index (χ0) is 15.4. The van der Waals surface area contributed by atoms with Crippen molar-refractivity contribution in [2.75, 3.05) is 11.9 Å². The molecule has 0 aliphatic rings. The normalized spacial score (nSPS) is 10.3. The smallest absolute Gasteiger partial charge is 0.358 e. The number of anilines is 1. The summed E-state index contributed by atoms with van der Waals surface area (Å²) in [6, 6.07) is 4.10. The van der Waals surface area contributed by atoms with Crippen LogP contribution >= 0.6 is 11.6 Å². The number of aromatic nitrogens is 3. The van der Waals surface area contributed by atoms with Gasteiger partial charge in [0.2, 0.25) is 0 Å². The SMILES string of the molecule is O=C(O)c1cn(CCNc2ccc([N+](=O)[O-])cc2Cl)nn1. The van der Waals surface area contributed by atoms with Crippen molar-refractivity contribution in [3.8, 4) is 0 Å². The van der Waals surface area contributed by atoms with Crippen LogP contribution < -0.4 is 5.32 Å². The summed E-state index contributed by atoms with van der Waals surface area (Å²) in [5, 5.41) is 29.6. The zero-order valence-electron chi connectivity index (χ0n) is 10.6. The van der Waals surface area contributed by atoms with Crippen LogP contribution in [0.5, 0.6) is 0 Å². The number of hydrogen-bond acceptors (Lipinski definition) is 6. The molecule has 0 aliphatic heterocycles. The van der Waals surface area contributed by atoms with E-state index in [1.165, 1.54) is 29.1 Å². The minimum Gasteiger partial charge on any atom is -0.476 e. The molecule has 2 aromatic rings. The van der Waals surface area contributed by atoms with Crippen LogP contribution in [0, 0.1) is 10.1 Å². The fourth-order valence-electron chi connectivity index (χ4n) is 1.57. The van der Waals surface area contributed by atoms with Crippen molar-refractivity contribution in [3.05, 3.63) is 45.2 Å². The van der Waals surface area contributed by atoms with Gasteiger partial charge in [-0.15, -0.1) is 5.10 Å². The fraction of sp³-hybridized carbons (Fsp3) is 0.182. The van der Waals surface area contributed by atoms with Gasteiger partial charge in [-0.05, 0) is 6.07 Å². The van der Waals surface area contributed by atoms with Gasteiger partial charge in [0.25, 0.3) is 5.69 Å². The van der Waals surface area contributed by atoms with Crippen molar-refractivity contribution < 1.29 is 14.8 Å². The van der Waals surface area contributed by atoms with Crippen LogP contribution in [0.3, 0.4) is 0 Å². The van der Waals surface area contributed by atoms with Gasteiger partial charge in [0, 0.05) is 18.7 Å². The number of nitrogens with zero attached hydrogens (tertiary/aromatic N) is 4. The maximum atomic E-state index is 10.6. The van der Waals surface area contributed by atoms with Gasteiger partial charge >= 0.3 is 5.97 Å². The van der Waals surface area contributed by atoms with Crippen LogP contribution in [0.2, 0.25) is 5.02 Å². The fourth-order valence-corrected chi connectivity index (χ4v) is 1.81. The van der Waals surface area contributed by atoms with E-state index in [1.807, 2.05) is 0 Å². The lowest BCUT2D eigenvalue weighted by atomic mass is 10.3. The van der Waals surface area contributed by atoms with Gasteiger partial charge in [-0.3, -0.25) is 10.1 Å². The van der Waals surface area contributed by atoms with E-state index in [9.17, 15) is 14.9 Å². The summed E-state index contributed by atoms with van der Waals surface area (Å²) < 4.78 is 1.37. The maximum absolute atomic E-state index is 10.6. The third-order valence-electron chi connectivity index (χ3n) is 2.58. The Labute approximate surface area is 123 Å². The number of nitro groups is 1. The number of carboxylic acids is 1. The van der Waals surface area contributed by atoms with Crippen LogP contribution in [-0.2, 0) is 6.54 Å². The van der Waals surface area contributed by atoms with Gasteiger partial charge in [-0.1, -0.05) is 16.8 Å². The second-order valence-corrected chi connectivity index (χ2v) is 4.43. The summed E-state index contributed by atoms with van der Waals surface area (Å²) in [6.45, 7) is 0.771. The molecule has 0 spiro atoms. The number of nitro benzene ring substituents is 1. The Balaban J connectivity index is 1.93. The molecule has 1 aromatic heterocycles. The lowest BCUT2D eigenvalue weighted by Gasteiger charge is -2.07. The van der Waals surface area contributed by atoms with E-state index in [2.05, 4.69) is 15.6 Å². The third-order valence-corrected chi connectivity index (χ3v) is 2.89. The number of aromatic carboxylic acids is 1. The van der Waals surface area contributed by atoms with Crippen molar-refractivity contribution in [2.45, 2.75) is 6.54 Å². The standard InChI is InChI=1S/C11H10ClN5O4/c12-8-5-7(17(20)21)1-2-9(8)13-3-4-16-6-10(11(18)19)14-15-16/h1-2,5-6,13H,3-4H2,(H,18,19). The molecule has 10 heteroatoms. The average Bonchev–Trinajstić information content (AvgIpc) is 2.89. The van der Waals surface area contributed by atoms with Crippen molar-refractivity contribution in [1.29, 1.82) is 0 Å². The van der Waals surface area contributed by atoms with E-state index < -0.39 is 10.9 Å². The summed E-state index contributed by atoms with van der Waals surface area (Å²) in [5.41, 5.74) is 0.317. The van der Waals surface area contributed by atoms with Crippen LogP contribution in [-0.4, -0.2) is 37.5 Å². The molecule has 0 bridgehead atoms. The highest BCUT2D eigenvalue weighted by Gasteiger charge is 2.10. The number of carbonyl (C=O) groups is 1. The quantitative estimate of drug-likeness (QED) is 0.614. The molecule has 0 fully saturated rings. The number of carboxylic acid groups (broad SMARTS) is 1. The molecule has 1 aromatic carbocycles. The van der Waals surface area contributed by atoms with E-state index in [-0.39, 0.29) is 16.4 Å². The summed E-state index contributed by atoms with van der Waals surface area (Å²) in [7, 11) is 0. The highest BCUT2D eigenvalue weighted by atomic mass is 35.5. The first-order chi connectivity index (χ1) is 9.97. The molecule has 2 rings (SSSR count). The number of non-ortho nitro benzene ring substituents is 1. The predicted octanol–water partition coefficient (Wildman–Crippen LogP) is 1.65. The van der Waals surface area contributed by atoms with Gasteiger partial charge in [-0.25, -0.2) is 9.48 Å².